The Labute approximate surface area is 101 Å². The van der Waals surface area contributed by atoms with Gasteiger partial charge in [0.05, 0.1) is 6.54 Å². The van der Waals surface area contributed by atoms with Crippen LogP contribution in [0.25, 0.3) is 5.69 Å². The molecule has 17 heavy (non-hydrogen) atoms. The second-order valence-corrected chi connectivity index (χ2v) is 5.06. The van der Waals surface area contributed by atoms with Gasteiger partial charge in [0.25, 0.3) is 0 Å². The molecule has 2 N–H and O–H groups in total. The number of rotatable bonds is 2. The van der Waals surface area contributed by atoms with E-state index in [-0.39, 0.29) is 5.41 Å². The van der Waals surface area contributed by atoms with Crippen LogP contribution < -0.4 is 5.73 Å². The number of aromatic nitrogens is 3. The van der Waals surface area contributed by atoms with Crippen molar-refractivity contribution in [3.63, 3.8) is 0 Å². The van der Waals surface area contributed by atoms with Gasteiger partial charge in [-0.15, -0.1) is 10.2 Å². The van der Waals surface area contributed by atoms with Gasteiger partial charge in [-0.1, -0.05) is 39.0 Å². The zero-order valence-corrected chi connectivity index (χ0v) is 10.5. The molecule has 0 amide bonds. The van der Waals surface area contributed by atoms with E-state index in [2.05, 4.69) is 31.0 Å². The smallest absolute Gasteiger partial charge is 0.151 e. The molecular weight excluding hydrogens is 212 g/mol. The first-order valence-corrected chi connectivity index (χ1v) is 5.74. The minimum atomic E-state index is -0.0593. The van der Waals surface area contributed by atoms with E-state index >= 15 is 0 Å². The van der Waals surface area contributed by atoms with Gasteiger partial charge in [0.2, 0.25) is 0 Å². The van der Waals surface area contributed by atoms with E-state index in [1.807, 2.05) is 34.9 Å². The summed E-state index contributed by atoms with van der Waals surface area (Å²) in [7, 11) is 0. The summed E-state index contributed by atoms with van der Waals surface area (Å²) in [4.78, 5) is 0. The molecule has 4 heteroatoms. The lowest BCUT2D eigenvalue weighted by Crippen LogP contribution is -2.19. The van der Waals surface area contributed by atoms with Crippen molar-refractivity contribution >= 4 is 0 Å². The van der Waals surface area contributed by atoms with Gasteiger partial charge in [-0.25, -0.2) is 0 Å². The molecule has 2 aromatic rings. The molecule has 0 unspecified atom stereocenters. The van der Waals surface area contributed by atoms with Crippen molar-refractivity contribution in [2.75, 3.05) is 0 Å². The number of para-hydroxylation sites is 1. The third kappa shape index (κ3) is 2.22. The SMILES string of the molecule is CC(C)(C)c1nnc(CN)n1-c1ccccc1. The van der Waals surface area contributed by atoms with Gasteiger partial charge in [-0.2, -0.15) is 0 Å². The highest BCUT2D eigenvalue weighted by Crippen LogP contribution is 2.24. The molecule has 0 bridgehead atoms. The molecule has 0 radical (unpaired) electrons. The molecule has 2 rings (SSSR count). The fourth-order valence-corrected chi connectivity index (χ4v) is 1.78. The maximum Gasteiger partial charge on any atom is 0.151 e. The monoisotopic (exact) mass is 230 g/mol. The van der Waals surface area contributed by atoms with Crippen molar-refractivity contribution < 1.29 is 0 Å². The molecule has 0 saturated heterocycles. The minimum Gasteiger partial charge on any atom is -0.324 e. The average molecular weight is 230 g/mol. The van der Waals surface area contributed by atoms with Crippen molar-refractivity contribution in [2.24, 2.45) is 5.73 Å². The molecule has 0 aliphatic heterocycles. The summed E-state index contributed by atoms with van der Waals surface area (Å²) in [5.74, 6) is 1.73. The van der Waals surface area contributed by atoms with Gasteiger partial charge in [0.1, 0.15) is 5.82 Å². The van der Waals surface area contributed by atoms with Crippen LogP contribution in [0.2, 0.25) is 0 Å². The summed E-state index contributed by atoms with van der Waals surface area (Å²) >= 11 is 0. The Morgan fingerprint density at radius 2 is 1.76 bits per heavy atom. The molecule has 0 aliphatic carbocycles. The second-order valence-electron chi connectivity index (χ2n) is 5.06. The number of hydrogen-bond acceptors (Lipinski definition) is 3. The molecule has 0 saturated carbocycles. The quantitative estimate of drug-likeness (QED) is 0.858. The van der Waals surface area contributed by atoms with E-state index in [0.717, 1.165) is 17.3 Å². The minimum absolute atomic E-state index is 0.0593. The third-order valence-electron chi connectivity index (χ3n) is 2.60. The summed E-state index contributed by atoms with van der Waals surface area (Å²) in [6.45, 7) is 6.75. The number of benzene rings is 1. The van der Waals surface area contributed by atoms with Crippen LogP contribution in [-0.2, 0) is 12.0 Å². The maximum absolute atomic E-state index is 5.72. The fraction of sp³-hybridized carbons (Fsp3) is 0.385. The molecule has 0 spiro atoms. The van der Waals surface area contributed by atoms with Gasteiger partial charge in [0.15, 0.2) is 5.82 Å². The fourth-order valence-electron chi connectivity index (χ4n) is 1.78. The predicted octanol–water partition coefficient (Wildman–Crippen LogP) is 2.02. The number of nitrogens with zero attached hydrogens (tertiary/aromatic N) is 3. The Balaban J connectivity index is 2.62. The maximum atomic E-state index is 5.72. The average Bonchev–Trinajstić information content (AvgIpc) is 2.73. The Bertz CT molecular complexity index is 494. The molecule has 4 nitrogen and oxygen atoms in total. The summed E-state index contributed by atoms with van der Waals surface area (Å²) in [6.07, 6.45) is 0. The van der Waals surface area contributed by atoms with Gasteiger partial charge >= 0.3 is 0 Å². The topological polar surface area (TPSA) is 56.7 Å². The number of nitrogens with two attached hydrogens (primary N) is 1. The molecular formula is C13H18N4. The van der Waals surface area contributed by atoms with Crippen LogP contribution in [0.4, 0.5) is 0 Å². The Hall–Kier alpha value is -1.68. The third-order valence-corrected chi connectivity index (χ3v) is 2.60. The first kappa shape index (κ1) is 11.8. The second kappa shape index (κ2) is 4.30. The normalized spacial score (nSPS) is 11.8. The van der Waals surface area contributed by atoms with Crippen molar-refractivity contribution in [3.8, 4) is 5.69 Å². The van der Waals surface area contributed by atoms with Crippen molar-refractivity contribution in [1.82, 2.24) is 14.8 Å². The van der Waals surface area contributed by atoms with Crippen LogP contribution in [0.5, 0.6) is 0 Å². The summed E-state index contributed by atoms with van der Waals surface area (Å²) in [6, 6.07) is 10.1. The van der Waals surface area contributed by atoms with Crippen LogP contribution in [0.15, 0.2) is 30.3 Å². The van der Waals surface area contributed by atoms with Gasteiger partial charge < -0.3 is 5.73 Å². The summed E-state index contributed by atoms with van der Waals surface area (Å²) < 4.78 is 2.04. The van der Waals surface area contributed by atoms with E-state index in [1.165, 1.54) is 0 Å². The Kier molecular flexibility index (Phi) is 2.98. The molecule has 1 heterocycles. The molecule has 1 aromatic heterocycles. The molecule has 1 aromatic carbocycles. The van der Waals surface area contributed by atoms with E-state index in [9.17, 15) is 0 Å². The van der Waals surface area contributed by atoms with Gasteiger partial charge in [-0.3, -0.25) is 4.57 Å². The van der Waals surface area contributed by atoms with Crippen LogP contribution in [-0.4, -0.2) is 14.8 Å². The zero-order valence-electron chi connectivity index (χ0n) is 10.5. The molecule has 90 valence electrons. The lowest BCUT2D eigenvalue weighted by Gasteiger charge is -2.19. The van der Waals surface area contributed by atoms with Crippen LogP contribution in [0, 0.1) is 0 Å². The molecule has 0 aliphatic rings. The predicted molar refractivity (Wildman–Crippen MR) is 68.0 cm³/mol. The Morgan fingerprint density at radius 3 is 2.29 bits per heavy atom. The largest absolute Gasteiger partial charge is 0.324 e. The van der Waals surface area contributed by atoms with Crippen molar-refractivity contribution in [2.45, 2.75) is 32.7 Å². The van der Waals surface area contributed by atoms with E-state index in [1.54, 1.807) is 0 Å². The summed E-state index contributed by atoms with van der Waals surface area (Å²) in [5.41, 5.74) is 6.72. The van der Waals surface area contributed by atoms with Crippen LogP contribution in [0.1, 0.15) is 32.4 Å². The number of hydrogen-bond donors (Lipinski definition) is 1. The van der Waals surface area contributed by atoms with E-state index < -0.39 is 0 Å². The highest BCUT2D eigenvalue weighted by molar-refractivity contribution is 5.35. The zero-order chi connectivity index (χ0) is 12.5. The molecule has 0 atom stereocenters. The lowest BCUT2D eigenvalue weighted by atomic mass is 9.95. The van der Waals surface area contributed by atoms with E-state index in [4.69, 9.17) is 5.73 Å². The van der Waals surface area contributed by atoms with Crippen LogP contribution in [0.3, 0.4) is 0 Å². The first-order valence-electron chi connectivity index (χ1n) is 5.74. The highest BCUT2D eigenvalue weighted by atomic mass is 15.3. The molecule has 0 fully saturated rings. The van der Waals surface area contributed by atoms with Crippen LogP contribution >= 0.6 is 0 Å². The van der Waals surface area contributed by atoms with Gasteiger partial charge in [-0.05, 0) is 12.1 Å². The highest BCUT2D eigenvalue weighted by Gasteiger charge is 2.24. The summed E-state index contributed by atoms with van der Waals surface area (Å²) in [5, 5.41) is 8.43. The van der Waals surface area contributed by atoms with Crippen molar-refractivity contribution in [3.05, 3.63) is 42.0 Å². The van der Waals surface area contributed by atoms with E-state index in [0.29, 0.717) is 6.54 Å². The Morgan fingerprint density at radius 1 is 1.12 bits per heavy atom. The lowest BCUT2D eigenvalue weighted by molar-refractivity contribution is 0.531. The standard InChI is InChI=1S/C13H18N4/c1-13(2,3)12-16-15-11(9-14)17(12)10-7-5-4-6-8-10/h4-8H,9,14H2,1-3H3. The first-order chi connectivity index (χ1) is 8.04. The van der Waals surface area contributed by atoms with Gasteiger partial charge in [0, 0.05) is 11.1 Å². The van der Waals surface area contributed by atoms with Crippen molar-refractivity contribution in [1.29, 1.82) is 0 Å².